The van der Waals surface area contributed by atoms with Gasteiger partial charge >= 0.3 is 0 Å². The maximum Gasteiger partial charge on any atom is 0.254 e. The number of carbonyl (C=O) groups is 2. The highest BCUT2D eigenvalue weighted by Crippen LogP contribution is 2.26. The fourth-order valence-electron chi connectivity index (χ4n) is 2.38. The van der Waals surface area contributed by atoms with Gasteiger partial charge in [-0.3, -0.25) is 9.59 Å². The maximum absolute atomic E-state index is 12.6. The van der Waals surface area contributed by atoms with Crippen molar-refractivity contribution in [2.24, 2.45) is 5.73 Å². The number of carbonyl (C=O) groups excluding carboxylic acids is 2. The second-order valence-electron chi connectivity index (χ2n) is 5.79. The average molecular weight is 393 g/mol. The molecule has 1 aromatic carbocycles. The third kappa shape index (κ3) is 6.04. The summed E-state index contributed by atoms with van der Waals surface area (Å²) >= 11 is 0. The van der Waals surface area contributed by atoms with E-state index in [9.17, 15) is 9.59 Å². The molecule has 1 aliphatic rings. The fourth-order valence-corrected chi connectivity index (χ4v) is 2.38. The number of nitrogens with two attached hydrogens (primary N) is 1. The quantitative estimate of drug-likeness (QED) is 0.803. The molecule has 0 aromatic heterocycles. The lowest BCUT2D eigenvalue weighted by atomic mass is 10.1. The SMILES string of the molecule is COc1ccc(C(=O)N2CCN(C)CC2)cc1NC(=O)C(C)N.Cl.Cl. The molecule has 2 amide bonds. The summed E-state index contributed by atoms with van der Waals surface area (Å²) in [5, 5.41) is 2.70. The molecule has 0 spiro atoms. The van der Waals surface area contributed by atoms with E-state index < -0.39 is 6.04 Å². The molecule has 1 unspecified atom stereocenters. The van der Waals surface area contributed by atoms with Crippen LogP contribution >= 0.6 is 24.8 Å². The van der Waals surface area contributed by atoms with Crippen molar-refractivity contribution in [3.8, 4) is 5.75 Å². The Hall–Kier alpha value is -1.54. The molecule has 1 aliphatic heterocycles. The first-order chi connectivity index (χ1) is 10.9. The standard InChI is InChI=1S/C16H24N4O3.2ClH/c1-11(17)15(21)18-13-10-12(4-5-14(13)23-3)16(22)20-8-6-19(2)7-9-20;;/h4-5,10-11H,6-9,17H2,1-3H3,(H,18,21);2*1H. The number of rotatable bonds is 4. The molecule has 1 fully saturated rings. The Morgan fingerprint density at radius 1 is 1.20 bits per heavy atom. The highest BCUT2D eigenvalue weighted by Gasteiger charge is 2.21. The summed E-state index contributed by atoms with van der Waals surface area (Å²) in [6.07, 6.45) is 0. The third-order valence-electron chi connectivity index (χ3n) is 3.91. The number of hydrogen-bond acceptors (Lipinski definition) is 5. The third-order valence-corrected chi connectivity index (χ3v) is 3.91. The average Bonchev–Trinajstić information content (AvgIpc) is 2.54. The van der Waals surface area contributed by atoms with Gasteiger partial charge in [0, 0.05) is 31.7 Å². The number of anilines is 1. The number of nitrogens with zero attached hydrogens (tertiary/aromatic N) is 2. The van der Waals surface area contributed by atoms with E-state index in [0.717, 1.165) is 13.1 Å². The predicted octanol–water partition coefficient (Wildman–Crippen LogP) is 1.21. The van der Waals surface area contributed by atoms with Gasteiger partial charge in [-0.15, -0.1) is 24.8 Å². The monoisotopic (exact) mass is 392 g/mol. The van der Waals surface area contributed by atoms with Crippen LogP contribution in [-0.2, 0) is 4.79 Å². The van der Waals surface area contributed by atoms with Gasteiger partial charge in [-0.2, -0.15) is 0 Å². The van der Waals surface area contributed by atoms with E-state index in [-0.39, 0.29) is 36.6 Å². The van der Waals surface area contributed by atoms with Gasteiger partial charge in [-0.05, 0) is 32.2 Å². The lowest BCUT2D eigenvalue weighted by Gasteiger charge is -2.32. The van der Waals surface area contributed by atoms with E-state index in [4.69, 9.17) is 10.5 Å². The summed E-state index contributed by atoms with van der Waals surface area (Å²) in [4.78, 5) is 28.4. The van der Waals surface area contributed by atoms with Crippen molar-refractivity contribution in [3.63, 3.8) is 0 Å². The van der Waals surface area contributed by atoms with Crippen molar-refractivity contribution in [2.45, 2.75) is 13.0 Å². The molecule has 0 saturated carbocycles. The van der Waals surface area contributed by atoms with Gasteiger partial charge in [0.05, 0.1) is 18.8 Å². The summed E-state index contributed by atoms with van der Waals surface area (Å²) in [5.74, 6) is 0.124. The Morgan fingerprint density at radius 3 is 2.32 bits per heavy atom. The molecular weight excluding hydrogens is 367 g/mol. The number of hydrogen-bond donors (Lipinski definition) is 2. The van der Waals surface area contributed by atoms with Crippen LogP contribution in [0.1, 0.15) is 17.3 Å². The van der Waals surface area contributed by atoms with Crippen LogP contribution in [-0.4, -0.2) is 68.0 Å². The number of halogens is 2. The Kier molecular flexibility index (Phi) is 9.81. The van der Waals surface area contributed by atoms with Gasteiger partial charge in [0.1, 0.15) is 5.75 Å². The Labute approximate surface area is 160 Å². The fraction of sp³-hybridized carbons (Fsp3) is 0.500. The highest BCUT2D eigenvalue weighted by molar-refractivity contribution is 5.99. The van der Waals surface area contributed by atoms with E-state index in [1.54, 1.807) is 25.1 Å². The minimum absolute atomic E-state index is 0. The summed E-state index contributed by atoms with van der Waals surface area (Å²) in [6, 6.07) is 4.39. The Morgan fingerprint density at radius 2 is 1.80 bits per heavy atom. The van der Waals surface area contributed by atoms with Gasteiger partial charge < -0.3 is 25.6 Å². The minimum Gasteiger partial charge on any atom is -0.495 e. The number of amides is 2. The molecule has 7 nitrogen and oxygen atoms in total. The van der Waals surface area contributed by atoms with E-state index >= 15 is 0 Å². The number of likely N-dealkylation sites (N-methyl/N-ethyl adjacent to an activating group) is 1. The van der Waals surface area contributed by atoms with Crippen LogP contribution in [0.25, 0.3) is 0 Å². The summed E-state index contributed by atoms with van der Waals surface area (Å²) in [6.45, 7) is 4.71. The van der Waals surface area contributed by atoms with Gasteiger partial charge in [-0.25, -0.2) is 0 Å². The molecule has 3 N–H and O–H groups in total. The molecule has 1 saturated heterocycles. The van der Waals surface area contributed by atoms with Crippen molar-refractivity contribution in [1.29, 1.82) is 0 Å². The minimum atomic E-state index is -0.642. The molecule has 1 atom stereocenters. The second kappa shape index (κ2) is 10.5. The van der Waals surface area contributed by atoms with Crippen LogP contribution in [0.2, 0.25) is 0 Å². The van der Waals surface area contributed by atoms with Crippen molar-refractivity contribution >= 4 is 42.3 Å². The van der Waals surface area contributed by atoms with Crippen molar-refractivity contribution in [1.82, 2.24) is 9.80 Å². The second-order valence-corrected chi connectivity index (χ2v) is 5.79. The normalized spacial score (nSPS) is 15.4. The van der Waals surface area contributed by atoms with Crippen LogP contribution in [0.3, 0.4) is 0 Å². The summed E-state index contributed by atoms with van der Waals surface area (Å²) in [5.41, 5.74) is 6.55. The van der Waals surface area contributed by atoms with Crippen LogP contribution in [0.4, 0.5) is 5.69 Å². The molecule has 9 heteroatoms. The zero-order valence-corrected chi connectivity index (χ0v) is 16.3. The van der Waals surface area contributed by atoms with E-state index in [0.29, 0.717) is 30.1 Å². The molecule has 2 rings (SSSR count). The molecular formula is C16H26Cl2N4O3. The smallest absolute Gasteiger partial charge is 0.254 e. The van der Waals surface area contributed by atoms with Crippen LogP contribution < -0.4 is 15.8 Å². The van der Waals surface area contributed by atoms with E-state index in [1.807, 2.05) is 11.9 Å². The van der Waals surface area contributed by atoms with Gasteiger partial charge in [0.2, 0.25) is 5.91 Å². The van der Waals surface area contributed by atoms with Crippen molar-refractivity contribution in [3.05, 3.63) is 23.8 Å². The Balaban J connectivity index is 0.00000288. The van der Waals surface area contributed by atoms with Crippen LogP contribution in [0, 0.1) is 0 Å². The van der Waals surface area contributed by atoms with Crippen LogP contribution in [0.5, 0.6) is 5.75 Å². The first kappa shape index (κ1) is 23.5. The maximum atomic E-state index is 12.6. The number of methoxy groups -OCH3 is 1. The molecule has 25 heavy (non-hydrogen) atoms. The predicted molar refractivity (Wildman–Crippen MR) is 103 cm³/mol. The molecule has 142 valence electrons. The largest absolute Gasteiger partial charge is 0.495 e. The number of nitrogens with one attached hydrogen (secondary N) is 1. The van der Waals surface area contributed by atoms with Crippen LogP contribution in [0.15, 0.2) is 18.2 Å². The molecule has 0 aliphatic carbocycles. The Bertz CT molecular complexity index is 591. The lowest BCUT2D eigenvalue weighted by molar-refractivity contribution is -0.117. The first-order valence-electron chi connectivity index (χ1n) is 7.64. The summed E-state index contributed by atoms with van der Waals surface area (Å²) < 4.78 is 5.23. The first-order valence-corrected chi connectivity index (χ1v) is 7.64. The highest BCUT2D eigenvalue weighted by atomic mass is 35.5. The van der Waals surface area contributed by atoms with Crippen molar-refractivity contribution < 1.29 is 14.3 Å². The molecule has 1 heterocycles. The van der Waals surface area contributed by atoms with Gasteiger partial charge in [-0.1, -0.05) is 0 Å². The number of piperazine rings is 1. The van der Waals surface area contributed by atoms with Gasteiger partial charge in [0.15, 0.2) is 0 Å². The van der Waals surface area contributed by atoms with Gasteiger partial charge in [0.25, 0.3) is 5.91 Å². The molecule has 1 aromatic rings. The number of benzene rings is 1. The van der Waals surface area contributed by atoms with E-state index in [2.05, 4.69) is 10.2 Å². The molecule has 0 radical (unpaired) electrons. The molecule has 0 bridgehead atoms. The van der Waals surface area contributed by atoms with Crippen molar-refractivity contribution in [2.75, 3.05) is 45.7 Å². The lowest BCUT2D eigenvalue weighted by Crippen LogP contribution is -2.47. The zero-order valence-electron chi connectivity index (χ0n) is 14.7. The summed E-state index contributed by atoms with van der Waals surface area (Å²) in [7, 11) is 3.55. The topological polar surface area (TPSA) is 87.9 Å². The van der Waals surface area contributed by atoms with E-state index in [1.165, 1.54) is 7.11 Å². The number of ether oxygens (including phenoxy) is 1. The zero-order chi connectivity index (χ0) is 17.0.